The third kappa shape index (κ3) is 4.19. The standard InChI is InChI=1S/C16H20ClNO/c1-2-3-4-7-10-19-12-14-11-13-8-5-6-9-15(13)18-16(14)17/h5-6,8-9,11H,2-4,7,10,12H2,1H3. The molecule has 0 radical (unpaired) electrons. The number of unbranched alkanes of at least 4 members (excludes halogenated alkanes) is 3. The fourth-order valence-electron chi connectivity index (χ4n) is 2.05. The molecule has 0 bridgehead atoms. The number of pyridine rings is 1. The third-order valence-corrected chi connectivity index (χ3v) is 3.48. The third-order valence-electron chi connectivity index (χ3n) is 3.15. The number of rotatable bonds is 7. The molecule has 0 fully saturated rings. The summed E-state index contributed by atoms with van der Waals surface area (Å²) < 4.78 is 5.67. The van der Waals surface area contributed by atoms with Gasteiger partial charge in [-0.1, -0.05) is 56.0 Å². The quantitative estimate of drug-likeness (QED) is 0.526. The number of fused-ring (bicyclic) bond motifs is 1. The second kappa shape index (κ2) is 7.46. The molecule has 0 unspecified atom stereocenters. The minimum Gasteiger partial charge on any atom is -0.377 e. The highest BCUT2D eigenvalue weighted by molar-refractivity contribution is 6.30. The second-order valence-electron chi connectivity index (χ2n) is 4.74. The van der Waals surface area contributed by atoms with Crippen LogP contribution in [0.1, 0.15) is 38.2 Å². The molecule has 0 aliphatic rings. The highest BCUT2D eigenvalue weighted by Gasteiger charge is 2.04. The molecule has 0 amide bonds. The van der Waals surface area contributed by atoms with Gasteiger partial charge in [-0.05, 0) is 18.6 Å². The van der Waals surface area contributed by atoms with Crippen LogP contribution in [0.5, 0.6) is 0 Å². The fraction of sp³-hybridized carbons (Fsp3) is 0.438. The summed E-state index contributed by atoms with van der Waals surface area (Å²) in [4.78, 5) is 4.39. The van der Waals surface area contributed by atoms with E-state index in [0.29, 0.717) is 11.8 Å². The van der Waals surface area contributed by atoms with Crippen molar-refractivity contribution in [2.24, 2.45) is 0 Å². The average molecular weight is 278 g/mol. The van der Waals surface area contributed by atoms with Crippen molar-refractivity contribution in [2.45, 2.75) is 39.2 Å². The Morgan fingerprint density at radius 3 is 2.84 bits per heavy atom. The molecule has 2 aromatic rings. The molecule has 0 aliphatic heterocycles. The lowest BCUT2D eigenvalue weighted by Gasteiger charge is -2.07. The monoisotopic (exact) mass is 277 g/mol. The first kappa shape index (κ1) is 14.3. The van der Waals surface area contributed by atoms with Crippen LogP contribution in [0.4, 0.5) is 0 Å². The zero-order valence-corrected chi connectivity index (χ0v) is 12.1. The number of ether oxygens (including phenoxy) is 1. The molecule has 3 heteroatoms. The van der Waals surface area contributed by atoms with E-state index in [1.54, 1.807) is 0 Å². The van der Waals surface area contributed by atoms with Crippen molar-refractivity contribution in [3.8, 4) is 0 Å². The Balaban J connectivity index is 1.91. The van der Waals surface area contributed by atoms with E-state index < -0.39 is 0 Å². The van der Waals surface area contributed by atoms with Crippen molar-refractivity contribution in [2.75, 3.05) is 6.61 Å². The smallest absolute Gasteiger partial charge is 0.135 e. The molecule has 0 saturated heterocycles. The molecule has 1 aromatic heterocycles. The van der Waals surface area contributed by atoms with Gasteiger partial charge in [0, 0.05) is 17.6 Å². The molecule has 19 heavy (non-hydrogen) atoms. The van der Waals surface area contributed by atoms with Gasteiger partial charge in [0.05, 0.1) is 12.1 Å². The van der Waals surface area contributed by atoms with Gasteiger partial charge in [-0.15, -0.1) is 0 Å². The molecule has 1 aromatic carbocycles. The van der Waals surface area contributed by atoms with Crippen LogP contribution in [0.2, 0.25) is 5.15 Å². The molecule has 0 aliphatic carbocycles. The molecular formula is C16H20ClNO. The summed E-state index contributed by atoms with van der Waals surface area (Å²) >= 11 is 6.17. The summed E-state index contributed by atoms with van der Waals surface area (Å²) in [5.41, 5.74) is 1.90. The van der Waals surface area contributed by atoms with Gasteiger partial charge >= 0.3 is 0 Å². The van der Waals surface area contributed by atoms with E-state index in [9.17, 15) is 0 Å². The van der Waals surface area contributed by atoms with Crippen molar-refractivity contribution < 1.29 is 4.74 Å². The summed E-state index contributed by atoms with van der Waals surface area (Å²) in [6, 6.07) is 10.1. The van der Waals surface area contributed by atoms with Gasteiger partial charge in [-0.2, -0.15) is 0 Å². The Bertz CT molecular complexity index is 527. The Labute approximate surface area is 119 Å². The van der Waals surface area contributed by atoms with Crippen LogP contribution in [0.3, 0.4) is 0 Å². The molecule has 0 atom stereocenters. The predicted molar refractivity (Wildman–Crippen MR) is 80.6 cm³/mol. The van der Waals surface area contributed by atoms with E-state index in [1.165, 1.54) is 19.3 Å². The van der Waals surface area contributed by atoms with Gasteiger partial charge in [0.1, 0.15) is 5.15 Å². The maximum Gasteiger partial charge on any atom is 0.135 e. The molecular weight excluding hydrogens is 258 g/mol. The highest BCUT2D eigenvalue weighted by atomic mass is 35.5. The van der Waals surface area contributed by atoms with Crippen LogP contribution in [0.25, 0.3) is 10.9 Å². The largest absolute Gasteiger partial charge is 0.377 e. The van der Waals surface area contributed by atoms with Gasteiger partial charge in [0.2, 0.25) is 0 Å². The van der Waals surface area contributed by atoms with Crippen LogP contribution in [0, 0.1) is 0 Å². The number of nitrogens with zero attached hydrogens (tertiary/aromatic N) is 1. The summed E-state index contributed by atoms with van der Waals surface area (Å²) in [5.74, 6) is 0. The molecule has 0 saturated carbocycles. The molecule has 102 valence electrons. The summed E-state index contributed by atoms with van der Waals surface area (Å²) in [6.07, 6.45) is 4.88. The van der Waals surface area contributed by atoms with E-state index >= 15 is 0 Å². The summed E-state index contributed by atoms with van der Waals surface area (Å²) in [7, 11) is 0. The first-order valence-corrected chi connectivity index (χ1v) is 7.31. The second-order valence-corrected chi connectivity index (χ2v) is 5.10. The number of para-hydroxylation sites is 1. The predicted octanol–water partition coefficient (Wildman–Crippen LogP) is 4.99. The average Bonchev–Trinajstić information content (AvgIpc) is 2.43. The number of aromatic nitrogens is 1. The SMILES string of the molecule is CCCCCCOCc1cc2ccccc2nc1Cl. The Kier molecular flexibility index (Phi) is 5.62. The van der Waals surface area contributed by atoms with Gasteiger partial charge in [0.15, 0.2) is 0 Å². The lowest BCUT2D eigenvalue weighted by molar-refractivity contribution is 0.117. The van der Waals surface area contributed by atoms with Crippen LogP contribution >= 0.6 is 11.6 Å². The number of halogens is 1. The van der Waals surface area contributed by atoms with Crippen molar-refractivity contribution in [1.29, 1.82) is 0 Å². The number of benzene rings is 1. The van der Waals surface area contributed by atoms with Crippen LogP contribution in [-0.4, -0.2) is 11.6 Å². The minimum absolute atomic E-state index is 0.544. The van der Waals surface area contributed by atoms with Gasteiger partial charge in [-0.25, -0.2) is 4.98 Å². The highest BCUT2D eigenvalue weighted by Crippen LogP contribution is 2.21. The lowest BCUT2D eigenvalue weighted by Crippen LogP contribution is -1.98. The van der Waals surface area contributed by atoms with Gasteiger partial charge in [0.25, 0.3) is 0 Å². The topological polar surface area (TPSA) is 22.1 Å². The lowest BCUT2D eigenvalue weighted by atomic mass is 10.2. The normalized spacial score (nSPS) is 11.1. The van der Waals surface area contributed by atoms with Crippen LogP contribution < -0.4 is 0 Å². The first-order chi connectivity index (χ1) is 9.31. The zero-order valence-electron chi connectivity index (χ0n) is 11.4. The number of hydrogen-bond acceptors (Lipinski definition) is 2. The van der Waals surface area contributed by atoms with Crippen molar-refractivity contribution in [3.63, 3.8) is 0 Å². The molecule has 2 nitrogen and oxygen atoms in total. The van der Waals surface area contributed by atoms with Crippen LogP contribution in [0.15, 0.2) is 30.3 Å². The summed E-state index contributed by atoms with van der Waals surface area (Å²) in [5, 5.41) is 1.66. The maximum absolute atomic E-state index is 6.17. The molecule has 0 spiro atoms. The van der Waals surface area contributed by atoms with Crippen molar-refractivity contribution in [3.05, 3.63) is 41.0 Å². The Morgan fingerprint density at radius 1 is 1.16 bits per heavy atom. The van der Waals surface area contributed by atoms with Crippen molar-refractivity contribution >= 4 is 22.5 Å². The minimum atomic E-state index is 0.544. The summed E-state index contributed by atoms with van der Waals surface area (Å²) in [6.45, 7) is 3.55. The van der Waals surface area contributed by atoms with E-state index in [2.05, 4.69) is 18.0 Å². The van der Waals surface area contributed by atoms with Crippen molar-refractivity contribution in [1.82, 2.24) is 4.98 Å². The van der Waals surface area contributed by atoms with Gasteiger partial charge in [-0.3, -0.25) is 0 Å². The maximum atomic E-state index is 6.17. The number of hydrogen-bond donors (Lipinski definition) is 0. The van der Waals surface area contributed by atoms with E-state index in [-0.39, 0.29) is 0 Å². The van der Waals surface area contributed by atoms with E-state index in [4.69, 9.17) is 16.3 Å². The Hall–Kier alpha value is -1.12. The fourth-order valence-corrected chi connectivity index (χ4v) is 2.25. The van der Waals surface area contributed by atoms with Crippen LogP contribution in [-0.2, 0) is 11.3 Å². The Morgan fingerprint density at radius 2 is 2.00 bits per heavy atom. The molecule has 2 rings (SSSR count). The van der Waals surface area contributed by atoms with E-state index in [1.807, 2.05) is 24.3 Å². The first-order valence-electron chi connectivity index (χ1n) is 6.93. The zero-order chi connectivity index (χ0) is 13.5. The molecule has 0 N–H and O–H groups in total. The van der Waals surface area contributed by atoms with E-state index in [0.717, 1.165) is 29.5 Å². The van der Waals surface area contributed by atoms with Gasteiger partial charge < -0.3 is 4.74 Å². The molecule has 1 heterocycles.